The number of nitrogens with zero attached hydrogens (tertiary/aromatic N) is 2. The lowest BCUT2D eigenvalue weighted by Crippen LogP contribution is -2.44. The number of carbonyl (C=O) groups is 3. The van der Waals surface area contributed by atoms with Crippen LogP contribution in [0.5, 0.6) is 0 Å². The molecule has 0 aliphatic heterocycles. The van der Waals surface area contributed by atoms with E-state index in [1.54, 1.807) is 32.4 Å². The summed E-state index contributed by atoms with van der Waals surface area (Å²) in [5, 5.41) is 8.96. The van der Waals surface area contributed by atoms with Gasteiger partial charge in [-0.1, -0.05) is 18.2 Å². The first-order valence-electron chi connectivity index (χ1n) is 8.18. The van der Waals surface area contributed by atoms with Gasteiger partial charge in [0.2, 0.25) is 0 Å². The number of benzene rings is 1. The van der Waals surface area contributed by atoms with Gasteiger partial charge >= 0.3 is 12.0 Å². The minimum Gasteiger partial charge on any atom is -0.452 e. The van der Waals surface area contributed by atoms with E-state index in [-0.39, 0.29) is 6.04 Å². The summed E-state index contributed by atoms with van der Waals surface area (Å²) in [5.74, 6) is -1.37. The van der Waals surface area contributed by atoms with Gasteiger partial charge in [0.05, 0.1) is 17.1 Å². The van der Waals surface area contributed by atoms with Crippen LogP contribution in [-0.2, 0) is 9.53 Å². The summed E-state index contributed by atoms with van der Waals surface area (Å²) >= 11 is 0. The number of hydrogen-bond donors (Lipinski definition) is 2. The third-order valence-corrected chi connectivity index (χ3v) is 3.50. The Bertz CT molecular complexity index is 812. The summed E-state index contributed by atoms with van der Waals surface area (Å²) in [6.45, 7) is 6.42. The van der Waals surface area contributed by atoms with Crippen LogP contribution in [0.25, 0.3) is 5.69 Å². The number of para-hydroxylation sites is 1. The number of amides is 3. The van der Waals surface area contributed by atoms with Crippen LogP contribution in [0.15, 0.2) is 30.3 Å². The SMILES string of the molecule is Cc1nn(-c2ccccc2)c(C)c1C(=O)OCC(=O)NC(=O)NC(C)C. The van der Waals surface area contributed by atoms with Crippen molar-refractivity contribution in [3.63, 3.8) is 0 Å². The largest absolute Gasteiger partial charge is 0.452 e. The Morgan fingerprint density at radius 2 is 1.81 bits per heavy atom. The van der Waals surface area contributed by atoms with Gasteiger partial charge in [-0.2, -0.15) is 5.10 Å². The summed E-state index contributed by atoms with van der Waals surface area (Å²) in [7, 11) is 0. The summed E-state index contributed by atoms with van der Waals surface area (Å²) in [4.78, 5) is 35.5. The van der Waals surface area contributed by atoms with Crippen molar-refractivity contribution in [1.82, 2.24) is 20.4 Å². The van der Waals surface area contributed by atoms with Gasteiger partial charge in [-0.15, -0.1) is 0 Å². The van der Waals surface area contributed by atoms with Crippen molar-refractivity contribution in [3.8, 4) is 5.69 Å². The van der Waals surface area contributed by atoms with Crippen LogP contribution >= 0.6 is 0 Å². The Morgan fingerprint density at radius 1 is 1.15 bits per heavy atom. The number of urea groups is 1. The molecule has 0 atom stereocenters. The molecule has 0 aliphatic rings. The van der Waals surface area contributed by atoms with Gasteiger partial charge < -0.3 is 10.1 Å². The molecule has 0 unspecified atom stereocenters. The smallest absolute Gasteiger partial charge is 0.342 e. The van der Waals surface area contributed by atoms with Crippen LogP contribution in [0.1, 0.15) is 35.6 Å². The Labute approximate surface area is 151 Å². The standard InChI is InChI=1S/C18H22N4O4/c1-11(2)19-18(25)20-15(23)10-26-17(24)16-12(3)21-22(13(16)4)14-8-6-5-7-9-14/h5-9,11H,10H2,1-4H3,(H2,19,20,23,25). The fourth-order valence-corrected chi connectivity index (χ4v) is 2.42. The number of carbonyl (C=O) groups excluding carboxylic acids is 3. The van der Waals surface area contributed by atoms with Gasteiger partial charge in [-0.25, -0.2) is 14.3 Å². The van der Waals surface area contributed by atoms with E-state index in [2.05, 4.69) is 15.7 Å². The lowest BCUT2D eigenvalue weighted by molar-refractivity contribution is -0.123. The van der Waals surface area contributed by atoms with Crippen LogP contribution in [0.3, 0.4) is 0 Å². The monoisotopic (exact) mass is 358 g/mol. The summed E-state index contributed by atoms with van der Waals surface area (Å²) in [6.07, 6.45) is 0. The average molecular weight is 358 g/mol. The molecule has 1 aromatic heterocycles. The number of ether oxygens (including phenoxy) is 1. The van der Waals surface area contributed by atoms with E-state index in [9.17, 15) is 14.4 Å². The molecule has 0 saturated carbocycles. The predicted molar refractivity (Wildman–Crippen MR) is 95.1 cm³/mol. The second kappa shape index (κ2) is 8.28. The fourth-order valence-electron chi connectivity index (χ4n) is 2.42. The molecule has 2 N–H and O–H groups in total. The summed E-state index contributed by atoms with van der Waals surface area (Å²) in [6, 6.07) is 8.63. The maximum absolute atomic E-state index is 12.3. The van der Waals surface area contributed by atoms with E-state index in [0.29, 0.717) is 17.0 Å². The molecule has 138 valence electrons. The number of nitrogens with one attached hydrogen (secondary N) is 2. The number of hydrogen-bond acceptors (Lipinski definition) is 5. The highest BCUT2D eigenvalue weighted by Crippen LogP contribution is 2.18. The van der Waals surface area contributed by atoms with Crippen molar-refractivity contribution >= 4 is 17.9 Å². The average Bonchev–Trinajstić information content (AvgIpc) is 2.87. The van der Waals surface area contributed by atoms with Gasteiger partial charge in [-0.3, -0.25) is 10.1 Å². The first-order valence-corrected chi connectivity index (χ1v) is 8.18. The molecular weight excluding hydrogens is 336 g/mol. The molecule has 26 heavy (non-hydrogen) atoms. The zero-order chi connectivity index (χ0) is 19.3. The molecular formula is C18H22N4O4. The van der Waals surface area contributed by atoms with Crippen molar-refractivity contribution in [1.29, 1.82) is 0 Å². The third-order valence-electron chi connectivity index (χ3n) is 3.50. The number of imide groups is 1. The topological polar surface area (TPSA) is 102 Å². The Hall–Kier alpha value is -3.16. The Morgan fingerprint density at radius 3 is 2.42 bits per heavy atom. The van der Waals surface area contributed by atoms with Crippen molar-refractivity contribution < 1.29 is 19.1 Å². The molecule has 1 heterocycles. The van der Waals surface area contributed by atoms with Crippen molar-refractivity contribution in [3.05, 3.63) is 47.3 Å². The van der Waals surface area contributed by atoms with Crippen LogP contribution < -0.4 is 10.6 Å². The highest BCUT2D eigenvalue weighted by Gasteiger charge is 2.22. The maximum Gasteiger partial charge on any atom is 0.342 e. The lowest BCUT2D eigenvalue weighted by Gasteiger charge is -2.09. The van der Waals surface area contributed by atoms with Gasteiger partial charge in [0.1, 0.15) is 5.56 Å². The van der Waals surface area contributed by atoms with Crippen LogP contribution in [0.2, 0.25) is 0 Å². The van der Waals surface area contributed by atoms with Gasteiger partial charge in [0.25, 0.3) is 5.91 Å². The number of aromatic nitrogens is 2. The summed E-state index contributed by atoms with van der Waals surface area (Å²) in [5.41, 5.74) is 2.22. The van der Waals surface area contributed by atoms with E-state index < -0.39 is 24.5 Å². The molecule has 3 amide bonds. The van der Waals surface area contributed by atoms with Crippen molar-refractivity contribution in [2.45, 2.75) is 33.7 Å². The fraction of sp³-hybridized carbons (Fsp3) is 0.333. The molecule has 8 nitrogen and oxygen atoms in total. The maximum atomic E-state index is 12.3. The van der Waals surface area contributed by atoms with E-state index in [1.165, 1.54) is 0 Å². The van der Waals surface area contributed by atoms with E-state index in [0.717, 1.165) is 5.69 Å². The van der Waals surface area contributed by atoms with E-state index in [1.807, 2.05) is 30.3 Å². The zero-order valence-electron chi connectivity index (χ0n) is 15.2. The second-order valence-electron chi connectivity index (χ2n) is 6.05. The molecule has 2 rings (SSSR count). The van der Waals surface area contributed by atoms with Crippen LogP contribution in [0, 0.1) is 13.8 Å². The first kappa shape index (κ1) is 19.2. The Balaban J connectivity index is 2.03. The highest BCUT2D eigenvalue weighted by molar-refractivity contribution is 5.97. The number of aryl methyl sites for hydroxylation is 1. The first-order chi connectivity index (χ1) is 12.3. The summed E-state index contributed by atoms with van der Waals surface area (Å²) < 4.78 is 6.66. The minimum atomic E-state index is -0.706. The lowest BCUT2D eigenvalue weighted by atomic mass is 10.2. The molecule has 2 aromatic rings. The Kier molecular flexibility index (Phi) is 6.11. The van der Waals surface area contributed by atoms with Crippen molar-refractivity contribution in [2.75, 3.05) is 6.61 Å². The van der Waals surface area contributed by atoms with E-state index >= 15 is 0 Å². The molecule has 0 aliphatic carbocycles. The normalized spacial score (nSPS) is 10.5. The molecule has 8 heteroatoms. The van der Waals surface area contributed by atoms with Gasteiger partial charge in [-0.05, 0) is 39.8 Å². The number of esters is 1. The van der Waals surface area contributed by atoms with Gasteiger partial charge in [0, 0.05) is 6.04 Å². The van der Waals surface area contributed by atoms with Crippen LogP contribution in [0.4, 0.5) is 4.79 Å². The molecule has 0 fully saturated rings. The predicted octanol–water partition coefficient (Wildman–Crippen LogP) is 1.88. The van der Waals surface area contributed by atoms with Crippen molar-refractivity contribution in [2.24, 2.45) is 0 Å². The molecule has 0 radical (unpaired) electrons. The van der Waals surface area contributed by atoms with E-state index in [4.69, 9.17) is 4.74 Å². The molecule has 1 aromatic carbocycles. The molecule has 0 bridgehead atoms. The molecule has 0 spiro atoms. The van der Waals surface area contributed by atoms with Crippen LogP contribution in [-0.4, -0.2) is 40.3 Å². The second-order valence-corrected chi connectivity index (χ2v) is 6.05. The third kappa shape index (κ3) is 4.69. The molecule has 0 saturated heterocycles. The quantitative estimate of drug-likeness (QED) is 0.795. The zero-order valence-corrected chi connectivity index (χ0v) is 15.2. The number of rotatable bonds is 5. The minimum absolute atomic E-state index is 0.112. The highest BCUT2D eigenvalue weighted by atomic mass is 16.5. The van der Waals surface area contributed by atoms with Gasteiger partial charge in [0.15, 0.2) is 6.61 Å².